The van der Waals surface area contributed by atoms with Crippen molar-refractivity contribution in [1.82, 2.24) is 0 Å². The Labute approximate surface area is 129 Å². The van der Waals surface area contributed by atoms with Crippen LogP contribution in [0.25, 0.3) is 0 Å². The summed E-state index contributed by atoms with van der Waals surface area (Å²) in [6, 6.07) is 6.09. The second-order valence-corrected chi connectivity index (χ2v) is 6.10. The Morgan fingerprint density at radius 2 is 2.05 bits per heavy atom. The minimum atomic E-state index is -0.280. The number of rotatable bonds is 7. The van der Waals surface area contributed by atoms with Crippen LogP contribution in [0.4, 0.5) is 0 Å². The molecule has 1 atom stereocenters. The molecule has 0 aromatic heterocycles. The van der Waals surface area contributed by atoms with Crippen LogP contribution in [-0.4, -0.2) is 25.5 Å². The van der Waals surface area contributed by atoms with Gasteiger partial charge in [-0.15, -0.1) is 0 Å². The van der Waals surface area contributed by atoms with Crippen molar-refractivity contribution in [2.24, 2.45) is 0 Å². The fourth-order valence-electron chi connectivity index (χ4n) is 2.46. The fraction of sp³-hybridized carbons (Fsp3) is 0.562. The van der Waals surface area contributed by atoms with Gasteiger partial charge in [-0.1, -0.05) is 40.5 Å². The highest BCUT2D eigenvalue weighted by Gasteiger charge is 2.32. The third-order valence-corrected chi connectivity index (χ3v) is 4.19. The Morgan fingerprint density at radius 1 is 1.35 bits per heavy atom. The number of carbonyl (C=O) groups excluding carboxylic acids is 1. The third kappa shape index (κ3) is 4.23. The summed E-state index contributed by atoms with van der Waals surface area (Å²) in [5.74, 6) is 0.641. The molecule has 0 N–H and O–H groups in total. The molecule has 112 valence electrons. The van der Waals surface area contributed by atoms with E-state index in [4.69, 9.17) is 9.47 Å². The molecule has 0 bridgehead atoms. The monoisotopic (exact) mass is 342 g/mol. The Morgan fingerprint density at radius 3 is 2.60 bits per heavy atom. The molecule has 0 heterocycles. The van der Waals surface area contributed by atoms with E-state index in [1.54, 1.807) is 7.11 Å². The molecular formula is C16H23BrO3. The zero-order valence-electron chi connectivity index (χ0n) is 12.7. The summed E-state index contributed by atoms with van der Waals surface area (Å²) in [5, 5.41) is 0.915. The molecule has 0 saturated carbocycles. The van der Waals surface area contributed by atoms with Crippen molar-refractivity contribution in [3.63, 3.8) is 0 Å². The summed E-state index contributed by atoms with van der Waals surface area (Å²) in [6.07, 6.45) is 2.24. The maximum atomic E-state index is 11.8. The molecule has 0 saturated heterocycles. The molecule has 1 rings (SSSR count). The van der Waals surface area contributed by atoms with E-state index in [0.717, 1.165) is 35.0 Å². The standard InChI is InChI=1S/C16H23BrO3/c1-12-6-7-14(19-3)13(10-12)16(2,8-5-9-17)11-15(18)20-4/h6-7,10H,5,8-9,11H2,1-4H3. The van der Waals surface area contributed by atoms with E-state index in [0.29, 0.717) is 6.42 Å². The summed E-state index contributed by atoms with van der Waals surface area (Å²) >= 11 is 3.46. The van der Waals surface area contributed by atoms with Crippen LogP contribution < -0.4 is 4.74 Å². The molecule has 0 fully saturated rings. The van der Waals surface area contributed by atoms with Crippen LogP contribution in [0, 0.1) is 6.92 Å². The number of hydrogen-bond acceptors (Lipinski definition) is 3. The number of aryl methyl sites for hydroxylation is 1. The summed E-state index contributed by atoms with van der Waals surface area (Å²) < 4.78 is 10.3. The van der Waals surface area contributed by atoms with Crippen molar-refractivity contribution in [3.8, 4) is 5.75 Å². The predicted molar refractivity (Wildman–Crippen MR) is 84.7 cm³/mol. The lowest BCUT2D eigenvalue weighted by atomic mass is 9.75. The Kier molecular flexibility index (Phi) is 6.53. The van der Waals surface area contributed by atoms with E-state index in [1.165, 1.54) is 7.11 Å². The first-order valence-electron chi connectivity index (χ1n) is 6.74. The molecule has 0 radical (unpaired) electrons. The fourth-order valence-corrected chi connectivity index (χ4v) is 2.74. The number of esters is 1. The minimum absolute atomic E-state index is 0.189. The van der Waals surface area contributed by atoms with Gasteiger partial charge in [-0.05, 0) is 25.8 Å². The molecule has 0 amide bonds. The van der Waals surface area contributed by atoms with Crippen molar-refractivity contribution >= 4 is 21.9 Å². The van der Waals surface area contributed by atoms with Gasteiger partial charge in [-0.25, -0.2) is 0 Å². The second-order valence-electron chi connectivity index (χ2n) is 5.31. The molecule has 0 aliphatic heterocycles. The summed E-state index contributed by atoms with van der Waals surface area (Å²) in [7, 11) is 3.10. The minimum Gasteiger partial charge on any atom is -0.496 e. The molecule has 1 aromatic rings. The van der Waals surface area contributed by atoms with Crippen LogP contribution in [0.15, 0.2) is 18.2 Å². The van der Waals surface area contributed by atoms with Crippen LogP contribution in [0.1, 0.15) is 37.3 Å². The molecule has 0 spiro atoms. The maximum absolute atomic E-state index is 11.8. The van der Waals surface area contributed by atoms with E-state index in [-0.39, 0.29) is 11.4 Å². The van der Waals surface area contributed by atoms with E-state index < -0.39 is 0 Å². The molecule has 1 aromatic carbocycles. The normalized spacial score (nSPS) is 13.7. The van der Waals surface area contributed by atoms with Crippen molar-refractivity contribution < 1.29 is 14.3 Å². The molecule has 20 heavy (non-hydrogen) atoms. The van der Waals surface area contributed by atoms with Gasteiger partial charge in [0.25, 0.3) is 0 Å². The SMILES string of the molecule is COC(=O)CC(C)(CCCBr)c1cc(C)ccc1OC. The van der Waals surface area contributed by atoms with E-state index in [9.17, 15) is 4.79 Å². The van der Waals surface area contributed by atoms with Crippen LogP contribution in [0.3, 0.4) is 0 Å². The molecule has 0 aliphatic rings. The van der Waals surface area contributed by atoms with Crippen molar-refractivity contribution in [3.05, 3.63) is 29.3 Å². The first kappa shape index (κ1) is 17.0. The zero-order chi connectivity index (χ0) is 15.2. The van der Waals surface area contributed by atoms with Gasteiger partial charge >= 0.3 is 5.97 Å². The van der Waals surface area contributed by atoms with Crippen LogP contribution in [0.2, 0.25) is 0 Å². The van der Waals surface area contributed by atoms with Crippen molar-refractivity contribution in [2.75, 3.05) is 19.5 Å². The number of benzene rings is 1. The maximum Gasteiger partial charge on any atom is 0.306 e. The van der Waals surface area contributed by atoms with Crippen molar-refractivity contribution in [2.45, 2.75) is 38.5 Å². The Balaban J connectivity index is 3.21. The summed E-state index contributed by atoms with van der Waals surface area (Å²) in [5.41, 5.74) is 1.96. The number of halogens is 1. The second kappa shape index (κ2) is 7.67. The topological polar surface area (TPSA) is 35.5 Å². The highest BCUT2D eigenvalue weighted by atomic mass is 79.9. The number of alkyl halides is 1. The lowest BCUT2D eigenvalue weighted by Crippen LogP contribution is -2.27. The van der Waals surface area contributed by atoms with Crippen LogP contribution in [-0.2, 0) is 14.9 Å². The predicted octanol–water partition coefficient (Wildman–Crippen LogP) is 4.00. The molecular weight excluding hydrogens is 320 g/mol. The number of hydrogen-bond donors (Lipinski definition) is 0. The third-order valence-electron chi connectivity index (χ3n) is 3.63. The average molecular weight is 343 g/mol. The highest BCUT2D eigenvalue weighted by molar-refractivity contribution is 9.09. The molecule has 4 heteroatoms. The largest absolute Gasteiger partial charge is 0.496 e. The van der Waals surface area contributed by atoms with E-state index >= 15 is 0 Å². The van der Waals surface area contributed by atoms with Gasteiger partial charge in [-0.2, -0.15) is 0 Å². The lowest BCUT2D eigenvalue weighted by molar-refractivity contribution is -0.142. The Bertz CT molecular complexity index is 459. The highest BCUT2D eigenvalue weighted by Crippen LogP contribution is 2.39. The number of methoxy groups -OCH3 is 2. The summed E-state index contributed by atoms with van der Waals surface area (Å²) in [4.78, 5) is 11.8. The lowest BCUT2D eigenvalue weighted by Gasteiger charge is -2.31. The van der Waals surface area contributed by atoms with E-state index in [1.807, 2.05) is 19.1 Å². The first-order chi connectivity index (χ1) is 9.46. The van der Waals surface area contributed by atoms with Crippen molar-refractivity contribution in [1.29, 1.82) is 0 Å². The van der Waals surface area contributed by atoms with E-state index in [2.05, 4.69) is 28.9 Å². The quantitative estimate of drug-likeness (QED) is 0.555. The number of carbonyl (C=O) groups is 1. The van der Waals surface area contributed by atoms with Gasteiger partial charge in [0.05, 0.1) is 20.6 Å². The van der Waals surface area contributed by atoms with Gasteiger partial charge in [0.2, 0.25) is 0 Å². The zero-order valence-corrected chi connectivity index (χ0v) is 14.2. The molecule has 1 unspecified atom stereocenters. The summed E-state index contributed by atoms with van der Waals surface area (Å²) in [6.45, 7) is 4.15. The van der Waals surface area contributed by atoms with Gasteiger partial charge in [0, 0.05) is 16.3 Å². The van der Waals surface area contributed by atoms with Gasteiger partial charge in [0.1, 0.15) is 5.75 Å². The Hall–Kier alpha value is -1.03. The van der Waals surface area contributed by atoms with Gasteiger partial charge < -0.3 is 9.47 Å². The van der Waals surface area contributed by atoms with Crippen LogP contribution >= 0.6 is 15.9 Å². The van der Waals surface area contributed by atoms with Crippen LogP contribution in [0.5, 0.6) is 5.75 Å². The van der Waals surface area contributed by atoms with Gasteiger partial charge in [-0.3, -0.25) is 4.79 Å². The molecule has 0 aliphatic carbocycles. The average Bonchev–Trinajstić information content (AvgIpc) is 2.45. The number of ether oxygens (including phenoxy) is 2. The smallest absolute Gasteiger partial charge is 0.306 e. The first-order valence-corrected chi connectivity index (χ1v) is 7.87. The van der Waals surface area contributed by atoms with Gasteiger partial charge in [0.15, 0.2) is 0 Å². The molecule has 3 nitrogen and oxygen atoms in total.